The van der Waals surface area contributed by atoms with E-state index in [0.29, 0.717) is 24.3 Å². The van der Waals surface area contributed by atoms with E-state index in [1.54, 1.807) is 18.1 Å². The van der Waals surface area contributed by atoms with Gasteiger partial charge in [0.15, 0.2) is 17.1 Å². The summed E-state index contributed by atoms with van der Waals surface area (Å²) in [6.45, 7) is 2.40. The molecular formula is C21H20N2O4. The van der Waals surface area contributed by atoms with Gasteiger partial charge < -0.3 is 19.4 Å². The van der Waals surface area contributed by atoms with Crippen LogP contribution in [-0.2, 0) is 4.79 Å². The fraction of sp³-hybridized carbons (Fsp3) is 0.238. The summed E-state index contributed by atoms with van der Waals surface area (Å²) in [6.07, 6.45) is 0.558. The van der Waals surface area contributed by atoms with Crippen molar-refractivity contribution in [2.24, 2.45) is 0 Å². The van der Waals surface area contributed by atoms with Crippen molar-refractivity contribution in [1.29, 1.82) is 0 Å². The van der Waals surface area contributed by atoms with E-state index >= 15 is 0 Å². The number of methoxy groups -OCH3 is 1. The number of hydrogen-bond acceptors (Lipinski definition) is 4. The van der Waals surface area contributed by atoms with Crippen LogP contribution < -0.4 is 15.0 Å². The number of ether oxygens (including phenoxy) is 1. The molecule has 1 aromatic heterocycles. The second-order valence-electron chi connectivity index (χ2n) is 6.53. The third kappa shape index (κ3) is 2.93. The first kappa shape index (κ1) is 17.1. The number of nitrogens with zero attached hydrogens (tertiary/aromatic N) is 1. The Bertz CT molecular complexity index is 1010. The van der Waals surface area contributed by atoms with Crippen molar-refractivity contribution in [2.75, 3.05) is 18.6 Å². The third-order valence-corrected chi connectivity index (χ3v) is 4.93. The predicted octanol–water partition coefficient (Wildman–Crippen LogP) is 3.29. The zero-order valence-electron chi connectivity index (χ0n) is 15.2. The van der Waals surface area contributed by atoms with Crippen LogP contribution >= 0.6 is 0 Å². The van der Waals surface area contributed by atoms with Gasteiger partial charge in [-0.1, -0.05) is 30.3 Å². The highest BCUT2D eigenvalue weighted by molar-refractivity contribution is 6.05. The minimum atomic E-state index is -0.563. The summed E-state index contributed by atoms with van der Waals surface area (Å²) < 4.78 is 11.1. The highest BCUT2D eigenvalue weighted by atomic mass is 16.5. The SMILES string of the molecule is COc1cccc2c(C)c(C(=O)NC3CCN(c4ccccc4)C3=O)oc12. The number of amides is 2. The number of fused-ring (bicyclic) bond motifs is 1. The van der Waals surface area contributed by atoms with Crippen LogP contribution in [0.1, 0.15) is 22.5 Å². The van der Waals surface area contributed by atoms with Crippen LogP contribution in [0.5, 0.6) is 5.75 Å². The number of rotatable bonds is 4. The second kappa shape index (κ2) is 6.79. The summed E-state index contributed by atoms with van der Waals surface area (Å²) >= 11 is 0. The van der Waals surface area contributed by atoms with E-state index in [1.165, 1.54) is 0 Å². The summed E-state index contributed by atoms with van der Waals surface area (Å²) in [5, 5.41) is 3.64. The minimum absolute atomic E-state index is 0.110. The van der Waals surface area contributed by atoms with Gasteiger partial charge in [0.05, 0.1) is 7.11 Å². The van der Waals surface area contributed by atoms with Crippen molar-refractivity contribution in [3.05, 3.63) is 59.9 Å². The number of carbonyl (C=O) groups excluding carboxylic acids is 2. The van der Waals surface area contributed by atoms with E-state index < -0.39 is 6.04 Å². The fourth-order valence-electron chi connectivity index (χ4n) is 3.50. The number of benzene rings is 2. The summed E-state index contributed by atoms with van der Waals surface area (Å²) in [7, 11) is 1.56. The maximum Gasteiger partial charge on any atom is 0.287 e. The maximum atomic E-state index is 12.8. The van der Waals surface area contributed by atoms with Gasteiger partial charge in [-0.3, -0.25) is 9.59 Å². The minimum Gasteiger partial charge on any atom is -0.493 e. The number of anilines is 1. The fourth-order valence-corrected chi connectivity index (χ4v) is 3.50. The summed E-state index contributed by atoms with van der Waals surface area (Å²) in [5.74, 6) is 0.280. The third-order valence-electron chi connectivity index (χ3n) is 4.93. The van der Waals surface area contributed by atoms with Gasteiger partial charge in [-0.25, -0.2) is 0 Å². The molecule has 1 aliphatic rings. The van der Waals surface area contributed by atoms with Crippen LogP contribution in [0, 0.1) is 6.92 Å². The quantitative estimate of drug-likeness (QED) is 0.771. The molecule has 2 heterocycles. The molecule has 6 heteroatoms. The molecule has 0 bridgehead atoms. The number of carbonyl (C=O) groups is 2. The van der Waals surface area contributed by atoms with Gasteiger partial charge in [0.2, 0.25) is 5.91 Å². The molecule has 1 fully saturated rings. The first-order chi connectivity index (χ1) is 13.1. The lowest BCUT2D eigenvalue weighted by Crippen LogP contribution is -2.41. The molecule has 2 amide bonds. The smallest absolute Gasteiger partial charge is 0.287 e. The lowest BCUT2D eigenvalue weighted by atomic mass is 10.1. The van der Waals surface area contributed by atoms with Crippen molar-refractivity contribution in [2.45, 2.75) is 19.4 Å². The number of hydrogen-bond donors (Lipinski definition) is 1. The number of nitrogens with one attached hydrogen (secondary N) is 1. The second-order valence-corrected chi connectivity index (χ2v) is 6.53. The van der Waals surface area contributed by atoms with Crippen LogP contribution in [0.15, 0.2) is 52.9 Å². The van der Waals surface area contributed by atoms with Crippen LogP contribution in [0.3, 0.4) is 0 Å². The van der Waals surface area contributed by atoms with Gasteiger partial charge in [-0.05, 0) is 31.5 Å². The van der Waals surface area contributed by atoms with Crippen molar-refractivity contribution >= 4 is 28.5 Å². The highest BCUT2D eigenvalue weighted by Crippen LogP contribution is 2.32. The van der Waals surface area contributed by atoms with E-state index in [4.69, 9.17) is 9.15 Å². The first-order valence-corrected chi connectivity index (χ1v) is 8.83. The average Bonchev–Trinajstić information content (AvgIpc) is 3.23. The molecule has 1 N–H and O–H groups in total. The molecule has 1 aliphatic heterocycles. The molecule has 6 nitrogen and oxygen atoms in total. The Labute approximate surface area is 156 Å². The molecule has 2 aromatic carbocycles. The van der Waals surface area contributed by atoms with E-state index in [0.717, 1.165) is 16.6 Å². The molecule has 138 valence electrons. The zero-order valence-corrected chi connectivity index (χ0v) is 15.2. The Morgan fingerprint density at radius 3 is 2.70 bits per heavy atom. The average molecular weight is 364 g/mol. The van der Waals surface area contributed by atoms with Crippen LogP contribution in [0.2, 0.25) is 0 Å². The van der Waals surface area contributed by atoms with E-state index in [1.807, 2.05) is 49.4 Å². The van der Waals surface area contributed by atoms with Crippen molar-refractivity contribution in [3.63, 3.8) is 0 Å². The van der Waals surface area contributed by atoms with E-state index in [-0.39, 0.29) is 17.6 Å². The Morgan fingerprint density at radius 2 is 1.96 bits per heavy atom. The highest BCUT2D eigenvalue weighted by Gasteiger charge is 2.34. The van der Waals surface area contributed by atoms with Gasteiger partial charge >= 0.3 is 0 Å². The molecule has 1 unspecified atom stereocenters. The van der Waals surface area contributed by atoms with Crippen LogP contribution in [0.4, 0.5) is 5.69 Å². The topological polar surface area (TPSA) is 71.8 Å². The molecule has 3 aromatic rings. The van der Waals surface area contributed by atoms with E-state index in [9.17, 15) is 9.59 Å². The predicted molar refractivity (Wildman–Crippen MR) is 102 cm³/mol. The Kier molecular flexibility index (Phi) is 4.32. The van der Waals surface area contributed by atoms with Gasteiger partial charge in [-0.15, -0.1) is 0 Å². The Hall–Kier alpha value is -3.28. The maximum absolute atomic E-state index is 12.8. The lowest BCUT2D eigenvalue weighted by Gasteiger charge is -2.17. The molecule has 0 saturated carbocycles. The summed E-state index contributed by atoms with van der Waals surface area (Å²) in [6, 6.07) is 14.4. The Balaban J connectivity index is 1.56. The molecule has 1 saturated heterocycles. The molecule has 27 heavy (non-hydrogen) atoms. The normalized spacial score (nSPS) is 16.7. The molecule has 0 radical (unpaired) electrons. The van der Waals surface area contributed by atoms with Gasteiger partial charge in [-0.2, -0.15) is 0 Å². The molecule has 1 atom stereocenters. The van der Waals surface area contributed by atoms with Crippen molar-refractivity contribution < 1.29 is 18.7 Å². The van der Waals surface area contributed by atoms with Gasteiger partial charge in [0, 0.05) is 23.2 Å². The monoisotopic (exact) mass is 364 g/mol. The van der Waals surface area contributed by atoms with Crippen molar-refractivity contribution in [1.82, 2.24) is 5.32 Å². The number of furan rings is 1. The van der Waals surface area contributed by atoms with Gasteiger partial charge in [0.1, 0.15) is 6.04 Å². The Morgan fingerprint density at radius 1 is 1.19 bits per heavy atom. The number of aryl methyl sites for hydroxylation is 1. The molecular weight excluding hydrogens is 344 g/mol. The summed E-state index contributed by atoms with van der Waals surface area (Å²) in [4.78, 5) is 27.1. The molecule has 0 spiro atoms. The zero-order chi connectivity index (χ0) is 19.0. The first-order valence-electron chi connectivity index (χ1n) is 8.83. The van der Waals surface area contributed by atoms with Crippen molar-refractivity contribution in [3.8, 4) is 5.75 Å². The number of para-hydroxylation sites is 2. The standard InChI is InChI=1S/C21H20N2O4/c1-13-15-9-6-10-17(26-2)19(15)27-18(13)20(24)22-16-11-12-23(21(16)25)14-7-4-3-5-8-14/h3-10,16H,11-12H2,1-2H3,(H,22,24). The van der Waals surface area contributed by atoms with E-state index in [2.05, 4.69) is 5.32 Å². The largest absolute Gasteiger partial charge is 0.493 e. The summed E-state index contributed by atoms with van der Waals surface area (Å²) in [5.41, 5.74) is 2.10. The van der Waals surface area contributed by atoms with Crippen LogP contribution in [0.25, 0.3) is 11.0 Å². The molecule has 4 rings (SSSR count). The van der Waals surface area contributed by atoms with Crippen LogP contribution in [-0.4, -0.2) is 31.5 Å². The lowest BCUT2D eigenvalue weighted by molar-refractivity contribution is -0.118. The molecule has 0 aliphatic carbocycles. The van der Waals surface area contributed by atoms with Gasteiger partial charge in [0.25, 0.3) is 5.91 Å².